The number of carbonyl (C=O) groups is 1. The lowest BCUT2D eigenvalue weighted by Crippen LogP contribution is -2.24. The van der Waals surface area contributed by atoms with Gasteiger partial charge in [0, 0.05) is 18.0 Å². The van der Waals surface area contributed by atoms with Gasteiger partial charge in [-0.1, -0.05) is 24.3 Å². The van der Waals surface area contributed by atoms with Gasteiger partial charge in [-0.15, -0.1) is 0 Å². The molecule has 0 radical (unpaired) electrons. The van der Waals surface area contributed by atoms with Gasteiger partial charge in [0.05, 0.1) is 11.0 Å². The summed E-state index contributed by atoms with van der Waals surface area (Å²) in [6.45, 7) is 0. The van der Waals surface area contributed by atoms with Crippen molar-refractivity contribution in [2.75, 3.05) is 5.32 Å². The van der Waals surface area contributed by atoms with Gasteiger partial charge in [-0.3, -0.25) is 15.3 Å². The van der Waals surface area contributed by atoms with Crippen LogP contribution in [0.2, 0.25) is 0 Å². The van der Waals surface area contributed by atoms with E-state index >= 15 is 0 Å². The zero-order valence-electron chi connectivity index (χ0n) is 14.0. The Labute approximate surface area is 153 Å². The third kappa shape index (κ3) is 2.51. The van der Waals surface area contributed by atoms with Crippen LogP contribution in [0.3, 0.4) is 0 Å². The maximum atomic E-state index is 12.3. The highest BCUT2D eigenvalue weighted by atomic mass is 16.5. The smallest absolute Gasteiger partial charge is 0.278 e. The van der Waals surface area contributed by atoms with Crippen molar-refractivity contribution in [1.82, 2.24) is 25.0 Å². The molecule has 0 bridgehead atoms. The average molecular weight is 358 g/mol. The number of carbonyl (C=O) groups excluding carboxylic acids is 1. The fourth-order valence-corrected chi connectivity index (χ4v) is 3.35. The second kappa shape index (κ2) is 5.89. The Hall–Kier alpha value is -3.78. The molecule has 1 amide bonds. The van der Waals surface area contributed by atoms with Gasteiger partial charge >= 0.3 is 0 Å². The summed E-state index contributed by atoms with van der Waals surface area (Å²) in [5, 5.41) is 14.1. The number of hydrogen-bond acceptors (Lipinski definition) is 6. The second-order valence-corrected chi connectivity index (χ2v) is 6.20. The molecule has 1 atom stereocenters. The summed E-state index contributed by atoms with van der Waals surface area (Å²) >= 11 is 0. The van der Waals surface area contributed by atoms with E-state index < -0.39 is 11.9 Å². The number of anilines is 2. The van der Waals surface area contributed by atoms with Crippen LogP contribution in [-0.2, 0) is 0 Å². The fourth-order valence-electron chi connectivity index (χ4n) is 3.35. The summed E-state index contributed by atoms with van der Waals surface area (Å²) in [5.74, 6) is 0.548. The molecule has 1 unspecified atom stereocenters. The lowest BCUT2D eigenvalue weighted by Gasteiger charge is -2.18. The van der Waals surface area contributed by atoms with E-state index in [0.29, 0.717) is 23.0 Å². The van der Waals surface area contributed by atoms with Gasteiger partial charge < -0.3 is 4.98 Å². The van der Waals surface area contributed by atoms with Crippen molar-refractivity contribution < 1.29 is 10.0 Å². The zero-order valence-corrected chi connectivity index (χ0v) is 14.0. The number of imidazole rings is 1. The van der Waals surface area contributed by atoms with Crippen LogP contribution in [0.25, 0.3) is 11.0 Å². The maximum Gasteiger partial charge on any atom is 0.278 e. The molecule has 3 heterocycles. The first kappa shape index (κ1) is 15.5. The van der Waals surface area contributed by atoms with E-state index in [4.69, 9.17) is 0 Å². The van der Waals surface area contributed by atoms with Gasteiger partial charge in [0.15, 0.2) is 0 Å². The molecule has 1 aliphatic heterocycles. The minimum Gasteiger partial charge on any atom is -0.324 e. The van der Waals surface area contributed by atoms with Gasteiger partial charge in [0.25, 0.3) is 5.91 Å². The van der Waals surface area contributed by atoms with Crippen molar-refractivity contribution in [3.05, 3.63) is 77.6 Å². The van der Waals surface area contributed by atoms with Gasteiger partial charge in [0.2, 0.25) is 11.9 Å². The predicted octanol–water partition coefficient (Wildman–Crippen LogP) is 3.03. The topological polar surface area (TPSA) is 107 Å². The standard InChI is InChI=1S/C19H14N6O2/c26-17-13-5-2-1-4-12(13)16(25(17)27)11-6-7-14-15(10-11)23-19(22-14)24-18-20-8-3-9-21-18/h1-10,16,27H,(H2,20,21,22,23,24). The quantitative estimate of drug-likeness (QED) is 0.486. The number of benzene rings is 2. The Bertz CT molecular complexity index is 1160. The number of hydrogen-bond donors (Lipinski definition) is 3. The number of aromatic nitrogens is 4. The molecule has 27 heavy (non-hydrogen) atoms. The van der Waals surface area contributed by atoms with Crippen LogP contribution in [0.4, 0.5) is 11.9 Å². The summed E-state index contributed by atoms with van der Waals surface area (Å²) in [7, 11) is 0. The van der Waals surface area contributed by atoms with Gasteiger partial charge in [-0.2, -0.15) is 0 Å². The minimum absolute atomic E-state index is 0.402. The Kier molecular flexibility index (Phi) is 3.37. The SMILES string of the molecule is O=C1c2ccccc2C(c2ccc3[nH]c(Nc4ncccn4)nc3c2)N1O. The highest BCUT2D eigenvalue weighted by Crippen LogP contribution is 2.37. The van der Waals surface area contributed by atoms with Crippen molar-refractivity contribution in [2.24, 2.45) is 0 Å². The highest BCUT2D eigenvalue weighted by Gasteiger charge is 2.37. The van der Waals surface area contributed by atoms with Crippen LogP contribution in [0, 0.1) is 0 Å². The number of hydroxylamine groups is 2. The molecule has 2 aromatic carbocycles. The largest absolute Gasteiger partial charge is 0.324 e. The number of nitrogens with one attached hydrogen (secondary N) is 2. The van der Waals surface area contributed by atoms with E-state index in [0.717, 1.165) is 21.7 Å². The van der Waals surface area contributed by atoms with Gasteiger partial charge in [-0.25, -0.2) is 20.0 Å². The molecular formula is C19H14N6O2. The number of aromatic amines is 1. The van der Waals surface area contributed by atoms with Crippen LogP contribution >= 0.6 is 0 Å². The Balaban J connectivity index is 1.53. The van der Waals surface area contributed by atoms with E-state index in [-0.39, 0.29) is 0 Å². The molecule has 5 rings (SSSR count). The molecule has 0 saturated carbocycles. The predicted molar refractivity (Wildman–Crippen MR) is 97.6 cm³/mol. The van der Waals surface area contributed by atoms with Crippen molar-refractivity contribution in [3.63, 3.8) is 0 Å². The number of amides is 1. The molecule has 3 N–H and O–H groups in total. The normalized spacial score (nSPS) is 16.0. The van der Waals surface area contributed by atoms with Crippen LogP contribution in [0.1, 0.15) is 27.5 Å². The maximum absolute atomic E-state index is 12.3. The first-order valence-corrected chi connectivity index (χ1v) is 8.36. The number of nitrogens with zero attached hydrogens (tertiary/aromatic N) is 4. The van der Waals surface area contributed by atoms with Gasteiger partial charge in [0.1, 0.15) is 6.04 Å². The first-order chi connectivity index (χ1) is 13.2. The summed E-state index contributed by atoms with van der Waals surface area (Å²) in [4.78, 5) is 28.2. The van der Waals surface area contributed by atoms with E-state index in [1.165, 1.54) is 0 Å². The van der Waals surface area contributed by atoms with E-state index in [1.807, 2.05) is 30.3 Å². The summed E-state index contributed by atoms with van der Waals surface area (Å²) in [6.07, 6.45) is 3.28. The second-order valence-electron chi connectivity index (χ2n) is 6.20. The summed E-state index contributed by atoms with van der Waals surface area (Å²) in [6, 6.07) is 14.0. The lowest BCUT2D eigenvalue weighted by molar-refractivity contribution is -0.0723. The molecule has 4 aromatic rings. The first-order valence-electron chi connectivity index (χ1n) is 8.36. The Morgan fingerprint density at radius 2 is 1.89 bits per heavy atom. The third-order valence-electron chi connectivity index (χ3n) is 4.56. The van der Waals surface area contributed by atoms with Crippen LogP contribution < -0.4 is 5.32 Å². The highest BCUT2D eigenvalue weighted by molar-refractivity contribution is 5.99. The van der Waals surface area contributed by atoms with E-state index in [1.54, 1.807) is 30.6 Å². The van der Waals surface area contributed by atoms with Crippen LogP contribution in [-0.4, -0.2) is 36.1 Å². The lowest BCUT2D eigenvalue weighted by atomic mass is 9.98. The molecule has 8 nitrogen and oxygen atoms in total. The number of fused-ring (bicyclic) bond motifs is 2. The molecule has 0 fully saturated rings. The van der Waals surface area contributed by atoms with Gasteiger partial charge in [-0.05, 0) is 35.4 Å². The fraction of sp³-hybridized carbons (Fsp3) is 0.0526. The molecule has 1 aliphatic rings. The molecule has 8 heteroatoms. The van der Waals surface area contributed by atoms with Crippen molar-refractivity contribution in [1.29, 1.82) is 0 Å². The third-order valence-corrected chi connectivity index (χ3v) is 4.56. The monoisotopic (exact) mass is 358 g/mol. The number of rotatable bonds is 3. The molecule has 2 aromatic heterocycles. The molecular weight excluding hydrogens is 344 g/mol. The van der Waals surface area contributed by atoms with Crippen molar-refractivity contribution >= 4 is 28.8 Å². The van der Waals surface area contributed by atoms with Crippen molar-refractivity contribution in [2.45, 2.75) is 6.04 Å². The summed E-state index contributed by atoms with van der Waals surface area (Å²) < 4.78 is 0. The minimum atomic E-state index is -0.552. The zero-order chi connectivity index (χ0) is 18.4. The van der Waals surface area contributed by atoms with E-state index in [2.05, 4.69) is 25.3 Å². The van der Waals surface area contributed by atoms with E-state index in [9.17, 15) is 10.0 Å². The Morgan fingerprint density at radius 1 is 1.07 bits per heavy atom. The summed E-state index contributed by atoms with van der Waals surface area (Å²) in [5.41, 5.74) is 3.58. The molecule has 0 aliphatic carbocycles. The van der Waals surface area contributed by atoms with Crippen molar-refractivity contribution in [3.8, 4) is 0 Å². The Morgan fingerprint density at radius 3 is 2.74 bits per heavy atom. The average Bonchev–Trinajstić information content (AvgIpc) is 3.20. The molecule has 0 spiro atoms. The molecule has 132 valence electrons. The molecule has 0 saturated heterocycles. The van der Waals surface area contributed by atoms with Crippen LogP contribution in [0.15, 0.2) is 60.9 Å². The van der Waals surface area contributed by atoms with Crippen LogP contribution in [0.5, 0.6) is 0 Å². The number of H-pyrrole nitrogens is 1.